The van der Waals surface area contributed by atoms with E-state index in [0.29, 0.717) is 11.4 Å². The Morgan fingerprint density at radius 3 is 2.50 bits per heavy atom. The zero-order valence-corrected chi connectivity index (χ0v) is 12.3. The van der Waals surface area contributed by atoms with E-state index in [-0.39, 0.29) is 11.8 Å². The lowest BCUT2D eigenvalue weighted by atomic mass is 9.93. The van der Waals surface area contributed by atoms with Crippen molar-refractivity contribution in [2.45, 2.75) is 30.7 Å². The van der Waals surface area contributed by atoms with Gasteiger partial charge in [-0.25, -0.2) is 8.42 Å². The van der Waals surface area contributed by atoms with Gasteiger partial charge in [-0.15, -0.1) is 0 Å². The smallest absolute Gasteiger partial charge is 0.223 e. The van der Waals surface area contributed by atoms with Crippen LogP contribution in [0.1, 0.15) is 24.8 Å². The van der Waals surface area contributed by atoms with Crippen LogP contribution in [0.25, 0.3) is 0 Å². The van der Waals surface area contributed by atoms with E-state index in [2.05, 4.69) is 17.5 Å². The lowest BCUT2D eigenvalue weighted by molar-refractivity contribution is -0.125. The molecule has 1 aromatic carbocycles. The van der Waals surface area contributed by atoms with Crippen molar-refractivity contribution >= 4 is 15.7 Å². The molecule has 1 unspecified atom stereocenters. The third kappa shape index (κ3) is 3.93. The fraction of sp³-hybridized carbons (Fsp3) is 0.400. The lowest BCUT2D eigenvalue weighted by Gasteiger charge is -2.17. The molecule has 1 atom stereocenters. The molecule has 1 amide bonds. The Kier molecular flexibility index (Phi) is 4.60. The summed E-state index contributed by atoms with van der Waals surface area (Å²) in [6.07, 6.45) is 8.00. The van der Waals surface area contributed by atoms with E-state index >= 15 is 0 Å². The minimum Gasteiger partial charge on any atom is -0.352 e. The second-order valence-electron chi connectivity index (χ2n) is 5.12. The predicted molar refractivity (Wildman–Crippen MR) is 77.9 cm³/mol. The van der Waals surface area contributed by atoms with Gasteiger partial charge in [-0.3, -0.25) is 4.79 Å². The first-order valence-electron chi connectivity index (χ1n) is 6.68. The normalized spacial score (nSPS) is 18.8. The summed E-state index contributed by atoms with van der Waals surface area (Å²) in [5, 5.41) is 2.90. The molecule has 0 fully saturated rings. The number of allylic oxidation sites excluding steroid dienone is 2. The number of benzene rings is 1. The monoisotopic (exact) mass is 293 g/mol. The molecular weight excluding hydrogens is 274 g/mol. The van der Waals surface area contributed by atoms with Gasteiger partial charge in [0.2, 0.25) is 5.91 Å². The molecule has 1 aromatic rings. The van der Waals surface area contributed by atoms with Crippen molar-refractivity contribution in [2.75, 3.05) is 6.26 Å². The zero-order valence-electron chi connectivity index (χ0n) is 11.5. The number of nitrogens with one attached hydrogen (secondary N) is 1. The summed E-state index contributed by atoms with van der Waals surface area (Å²) in [7, 11) is -3.16. The van der Waals surface area contributed by atoms with E-state index in [9.17, 15) is 13.2 Å². The van der Waals surface area contributed by atoms with Crippen LogP contribution in [0.3, 0.4) is 0 Å². The summed E-state index contributed by atoms with van der Waals surface area (Å²) in [6.45, 7) is 0.434. The molecule has 0 saturated carbocycles. The maximum atomic E-state index is 12.0. The Morgan fingerprint density at radius 2 is 1.95 bits per heavy atom. The Balaban J connectivity index is 1.91. The van der Waals surface area contributed by atoms with Crippen molar-refractivity contribution in [1.29, 1.82) is 0 Å². The third-order valence-corrected chi connectivity index (χ3v) is 4.59. The Labute approximate surface area is 119 Å². The molecule has 0 aromatic heterocycles. The average molecular weight is 293 g/mol. The van der Waals surface area contributed by atoms with E-state index in [1.54, 1.807) is 24.3 Å². The van der Waals surface area contributed by atoms with Crippen LogP contribution in [0.15, 0.2) is 41.3 Å². The maximum Gasteiger partial charge on any atom is 0.223 e. The van der Waals surface area contributed by atoms with Crippen LogP contribution < -0.4 is 5.32 Å². The van der Waals surface area contributed by atoms with Crippen LogP contribution in [-0.2, 0) is 21.2 Å². The van der Waals surface area contributed by atoms with Gasteiger partial charge in [0, 0.05) is 18.7 Å². The van der Waals surface area contributed by atoms with Crippen LogP contribution in [0.5, 0.6) is 0 Å². The average Bonchev–Trinajstić information content (AvgIpc) is 2.45. The summed E-state index contributed by atoms with van der Waals surface area (Å²) in [4.78, 5) is 12.3. The van der Waals surface area contributed by atoms with Gasteiger partial charge in [0.25, 0.3) is 0 Å². The van der Waals surface area contributed by atoms with E-state index < -0.39 is 9.84 Å². The molecule has 1 aliphatic carbocycles. The zero-order chi connectivity index (χ0) is 14.6. The topological polar surface area (TPSA) is 63.2 Å². The molecule has 4 nitrogen and oxygen atoms in total. The molecule has 1 aliphatic rings. The number of carbonyl (C=O) groups is 1. The minimum atomic E-state index is -3.16. The fourth-order valence-electron chi connectivity index (χ4n) is 2.22. The highest BCUT2D eigenvalue weighted by atomic mass is 32.2. The molecule has 20 heavy (non-hydrogen) atoms. The number of carbonyl (C=O) groups excluding carboxylic acids is 1. The molecule has 5 heteroatoms. The van der Waals surface area contributed by atoms with Gasteiger partial charge < -0.3 is 5.32 Å². The van der Waals surface area contributed by atoms with Gasteiger partial charge in [0.05, 0.1) is 4.90 Å². The Bertz CT molecular complexity index is 603. The van der Waals surface area contributed by atoms with Crippen molar-refractivity contribution in [3.8, 4) is 0 Å². The molecular formula is C15H19NO3S. The Hall–Kier alpha value is -1.62. The SMILES string of the molecule is CS(=O)(=O)c1ccc(CNC(=O)C2CC=CCC2)cc1. The van der Waals surface area contributed by atoms with Crippen LogP contribution in [0.2, 0.25) is 0 Å². The van der Waals surface area contributed by atoms with Gasteiger partial charge in [-0.05, 0) is 37.0 Å². The third-order valence-electron chi connectivity index (χ3n) is 3.46. The summed E-state index contributed by atoms with van der Waals surface area (Å²) >= 11 is 0. The van der Waals surface area contributed by atoms with Crippen molar-refractivity contribution in [2.24, 2.45) is 5.92 Å². The molecule has 0 bridgehead atoms. The molecule has 1 N–H and O–H groups in total. The first-order chi connectivity index (χ1) is 9.47. The first-order valence-corrected chi connectivity index (χ1v) is 8.57. The molecule has 0 saturated heterocycles. The lowest BCUT2D eigenvalue weighted by Crippen LogP contribution is -2.30. The molecule has 108 valence electrons. The standard InChI is InChI=1S/C15H19NO3S/c1-20(18,19)14-9-7-12(8-10-14)11-16-15(17)13-5-3-2-4-6-13/h2-3,7-10,13H,4-6,11H2,1H3,(H,16,17). The van der Waals surface area contributed by atoms with Crippen LogP contribution in [-0.4, -0.2) is 20.6 Å². The van der Waals surface area contributed by atoms with Crippen molar-refractivity contribution in [1.82, 2.24) is 5.32 Å². The first kappa shape index (κ1) is 14.8. The van der Waals surface area contributed by atoms with Gasteiger partial charge in [0.15, 0.2) is 9.84 Å². The van der Waals surface area contributed by atoms with Gasteiger partial charge in [-0.1, -0.05) is 24.3 Å². The number of rotatable bonds is 4. The number of sulfone groups is 1. The second kappa shape index (κ2) is 6.22. The molecule has 0 heterocycles. The summed E-state index contributed by atoms with van der Waals surface area (Å²) in [6, 6.07) is 6.61. The van der Waals surface area contributed by atoms with E-state index in [1.165, 1.54) is 6.26 Å². The maximum absolute atomic E-state index is 12.0. The molecule has 0 spiro atoms. The van der Waals surface area contributed by atoms with Crippen molar-refractivity contribution in [3.63, 3.8) is 0 Å². The van der Waals surface area contributed by atoms with Crippen LogP contribution >= 0.6 is 0 Å². The van der Waals surface area contributed by atoms with Gasteiger partial charge in [-0.2, -0.15) is 0 Å². The summed E-state index contributed by atoms with van der Waals surface area (Å²) < 4.78 is 22.7. The van der Waals surface area contributed by atoms with Crippen LogP contribution in [0, 0.1) is 5.92 Å². The molecule has 0 aliphatic heterocycles. The van der Waals surface area contributed by atoms with Crippen molar-refractivity contribution < 1.29 is 13.2 Å². The Morgan fingerprint density at radius 1 is 1.25 bits per heavy atom. The van der Waals surface area contributed by atoms with E-state index in [0.717, 1.165) is 24.8 Å². The van der Waals surface area contributed by atoms with Gasteiger partial charge >= 0.3 is 0 Å². The van der Waals surface area contributed by atoms with Gasteiger partial charge in [0.1, 0.15) is 0 Å². The highest BCUT2D eigenvalue weighted by molar-refractivity contribution is 7.90. The van der Waals surface area contributed by atoms with Crippen LogP contribution in [0.4, 0.5) is 0 Å². The number of amides is 1. The highest BCUT2D eigenvalue weighted by Gasteiger charge is 2.18. The number of hydrogen-bond donors (Lipinski definition) is 1. The second-order valence-corrected chi connectivity index (χ2v) is 7.13. The fourth-order valence-corrected chi connectivity index (χ4v) is 2.85. The highest BCUT2D eigenvalue weighted by Crippen LogP contribution is 2.18. The summed E-state index contributed by atoms with van der Waals surface area (Å²) in [5.41, 5.74) is 0.900. The minimum absolute atomic E-state index is 0.0651. The molecule has 0 radical (unpaired) electrons. The summed E-state index contributed by atoms with van der Waals surface area (Å²) in [5.74, 6) is 0.136. The van der Waals surface area contributed by atoms with Crippen molar-refractivity contribution in [3.05, 3.63) is 42.0 Å². The van der Waals surface area contributed by atoms with E-state index in [1.807, 2.05) is 0 Å². The number of hydrogen-bond acceptors (Lipinski definition) is 3. The molecule has 2 rings (SSSR count). The quantitative estimate of drug-likeness (QED) is 0.864. The largest absolute Gasteiger partial charge is 0.352 e. The van der Waals surface area contributed by atoms with E-state index in [4.69, 9.17) is 0 Å². The predicted octanol–water partition coefficient (Wildman–Crippen LogP) is 2.06.